The number of rotatable bonds is 6. The van der Waals surface area contributed by atoms with Crippen molar-refractivity contribution in [3.63, 3.8) is 0 Å². The number of nitrogens with one attached hydrogen (secondary N) is 2. The molecule has 0 bridgehead atoms. The summed E-state index contributed by atoms with van der Waals surface area (Å²) in [4.78, 5) is 26.7. The largest absolute Gasteiger partial charge is 0.348 e. The molecule has 1 saturated heterocycles. The summed E-state index contributed by atoms with van der Waals surface area (Å²) in [5, 5.41) is 2.66. The van der Waals surface area contributed by atoms with Crippen molar-refractivity contribution in [3.8, 4) is 0 Å². The lowest BCUT2D eigenvalue weighted by Gasteiger charge is -2.27. The number of carbonyl (C=O) groups is 2. The van der Waals surface area contributed by atoms with E-state index in [0.717, 1.165) is 24.2 Å². The highest BCUT2D eigenvalue weighted by Gasteiger charge is 2.28. The third-order valence-corrected chi connectivity index (χ3v) is 7.21. The Kier molecular flexibility index (Phi) is 7.35. The minimum atomic E-state index is -4.13. The Morgan fingerprint density at radius 2 is 1.74 bits per heavy atom. The highest BCUT2D eigenvalue weighted by molar-refractivity contribution is 7.90. The maximum absolute atomic E-state index is 12.7. The van der Waals surface area contributed by atoms with Crippen LogP contribution in [0.5, 0.6) is 0 Å². The summed E-state index contributed by atoms with van der Waals surface area (Å²) in [6.07, 6.45) is 1.21. The van der Waals surface area contributed by atoms with Crippen LogP contribution in [0.15, 0.2) is 47.4 Å². The molecule has 3 rings (SSSR count). The molecule has 2 aromatic carbocycles. The van der Waals surface area contributed by atoms with Crippen LogP contribution in [-0.4, -0.2) is 45.3 Å². The summed E-state index contributed by atoms with van der Waals surface area (Å²) in [6, 6.07) is 11.7. The fourth-order valence-corrected chi connectivity index (χ4v) is 4.98. The van der Waals surface area contributed by atoms with Gasteiger partial charge in [-0.25, -0.2) is 13.1 Å². The Bertz CT molecular complexity index is 1060. The second-order valence-electron chi connectivity index (χ2n) is 7.86. The molecule has 2 N–H and O–H groups in total. The molecule has 1 aliphatic rings. The average molecular weight is 464 g/mol. The van der Waals surface area contributed by atoms with Crippen LogP contribution in [0.2, 0.25) is 5.02 Å². The lowest BCUT2D eigenvalue weighted by atomic mass is 9.97. The number of amides is 2. The molecule has 0 atom stereocenters. The van der Waals surface area contributed by atoms with Gasteiger partial charge in [-0.05, 0) is 63.7 Å². The van der Waals surface area contributed by atoms with E-state index in [0.29, 0.717) is 19.4 Å². The van der Waals surface area contributed by atoms with E-state index < -0.39 is 15.9 Å². The second-order valence-corrected chi connectivity index (χ2v) is 9.92. The van der Waals surface area contributed by atoms with E-state index in [4.69, 9.17) is 11.6 Å². The number of hydrogen-bond acceptors (Lipinski definition) is 5. The van der Waals surface area contributed by atoms with E-state index in [9.17, 15) is 18.0 Å². The molecule has 0 saturated carbocycles. The lowest BCUT2D eigenvalue weighted by Crippen LogP contribution is -2.41. The smallest absolute Gasteiger partial charge is 0.265 e. The molecule has 0 aliphatic carbocycles. The molecule has 0 radical (unpaired) electrons. The predicted octanol–water partition coefficient (Wildman–Crippen LogP) is 2.73. The molecule has 0 aromatic heterocycles. The number of likely N-dealkylation sites (tertiary alicyclic amines) is 1. The monoisotopic (exact) mass is 463 g/mol. The van der Waals surface area contributed by atoms with Crippen LogP contribution in [0, 0.1) is 12.8 Å². The number of halogens is 1. The van der Waals surface area contributed by atoms with E-state index in [-0.39, 0.29) is 27.3 Å². The first-order chi connectivity index (χ1) is 14.7. The van der Waals surface area contributed by atoms with Gasteiger partial charge in [0.2, 0.25) is 5.91 Å². The summed E-state index contributed by atoms with van der Waals surface area (Å²) < 4.78 is 27.5. The lowest BCUT2D eigenvalue weighted by molar-refractivity contribution is -0.124. The van der Waals surface area contributed by atoms with Crippen molar-refractivity contribution in [3.05, 3.63) is 64.2 Å². The van der Waals surface area contributed by atoms with Crippen LogP contribution in [-0.2, 0) is 21.4 Å². The molecule has 31 heavy (non-hydrogen) atoms. The molecule has 9 heteroatoms. The topological polar surface area (TPSA) is 95.6 Å². The van der Waals surface area contributed by atoms with Gasteiger partial charge < -0.3 is 10.2 Å². The van der Waals surface area contributed by atoms with Gasteiger partial charge in [0.25, 0.3) is 15.9 Å². The zero-order valence-corrected chi connectivity index (χ0v) is 19.1. The summed E-state index contributed by atoms with van der Waals surface area (Å²) >= 11 is 6.16. The molecule has 7 nitrogen and oxygen atoms in total. The number of hydrogen-bond donors (Lipinski definition) is 2. The summed E-state index contributed by atoms with van der Waals surface area (Å²) in [7, 11) is -2.17. The first-order valence-corrected chi connectivity index (χ1v) is 11.9. The van der Waals surface area contributed by atoms with Gasteiger partial charge in [0.1, 0.15) is 4.90 Å². The van der Waals surface area contributed by atoms with Gasteiger partial charge in [0.15, 0.2) is 0 Å². The zero-order chi connectivity index (χ0) is 22.6. The molecular weight excluding hydrogens is 438 g/mol. The van der Waals surface area contributed by atoms with E-state index in [2.05, 4.69) is 14.9 Å². The molecule has 0 unspecified atom stereocenters. The highest BCUT2D eigenvalue weighted by atomic mass is 35.5. The number of sulfonamides is 1. The highest BCUT2D eigenvalue weighted by Crippen LogP contribution is 2.24. The van der Waals surface area contributed by atoms with Gasteiger partial charge in [-0.3, -0.25) is 9.59 Å². The SMILES string of the molecule is Cc1ccc(CNC(=O)c2ccc(S(=O)(=O)NC(=O)C3CCN(C)CC3)c(Cl)c2)cc1. The molecule has 2 amide bonds. The van der Waals surface area contributed by atoms with Crippen LogP contribution in [0.3, 0.4) is 0 Å². The first-order valence-electron chi connectivity index (χ1n) is 10.0. The van der Waals surface area contributed by atoms with Crippen molar-refractivity contribution >= 4 is 33.4 Å². The minimum Gasteiger partial charge on any atom is -0.348 e. The van der Waals surface area contributed by atoms with Crippen LogP contribution in [0.1, 0.15) is 34.3 Å². The Balaban J connectivity index is 1.65. The van der Waals surface area contributed by atoms with Crippen LogP contribution in [0.4, 0.5) is 0 Å². The fraction of sp³-hybridized carbons (Fsp3) is 0.364. The molecule has 1 heterocycles. The van der Waals surface area contributed by atoms with E-state index in [1.165, 1.54) is 18.2 Å². The van der Waals surface area contributed by atoms with Crippen molar-refractivity contribution < 1.29 is 18.0 Å². The number of aryl methyl sites for hydroxylation is 1. The Morgan fingerprint density at radius 3 is 2.35 bits per heavy atom. The van der Waals surface area contributed by atoms with Crippen molar-refractivity contribution in [2.24, 2.45) is 5.92 Å². The second kappa shape index (κ2) is 9.80. The molecular formula is C22H26ClN3O4S. The number of benzene rings is 2. The molecule has 0 spiro atoms. The summed E-state index contributed by atoms with van der Waals surface area (Å²) in [6.45, 7) is 3.80. The molecule has 1 fully saturated rings. The Hall–Kier alpha value is -2.42. The maximum Gasteiger partial charge on any atom is 0.265 e. The van der Waals surface area contributed by atoms with Gasteiger partial charge in [0, 0.05) is 18.0 Å². The normalized spacial score (nSPS) is 15.5. The Labute approximate surface area is 187 Å². The molecule has 1 aliphatic heterocycles. The third-order valence-electron chi connectivity index (χ3n) is 5.38. The minimum absolute atomic E-state index is 0.119. The van der Waals surface area contributed by atoms with Gasteiger partial charge in [0.05, 0.1) is 5.02 Å². The quantitative estimate of drug-likeness (QED) is 0.686. The number of piperidine rings is 1. The van der Waals surface area contributed by atoms with E-state index in [1.54, 1.807) is 0 Å². The molecule has 166 valence electrons. The van der Waals surface area contributed by atoms with Crippen molar-refractivity contribution in [1.29, 1.82) is 0 Å². The van der Waals surface area contributed by atoms with Crippen LogP contribution < -0.4 is 10.0 Å². The van der Waals surface area contributed by atoms with Gasteiger partial charge in [-0.2, -0.15) is 0 Å². The van der Waals surface area contributed by atoms with Crippen LogP contribution in [0.25, 0.3) is 0 Å². The van der Waals surface area contributed by atoms with Crippen molar-refractivity contribution in [2.75, 3.05) is 20.1 Å². The van der Waals surface area contributed by atoms with Gasteiger partial charge in [-0.1, -0.05) is 41.4 Å². The fourth-order valence-electron chi connectivity index (χ4n) is 3.39. The maximum atomic E-state index is 12.7. The Morgan fingerprint density at radius 1 is 1.10 bits per heavy atom. The number of carbonyl (C=O) groups excluding carboxylic acids is 2. The summed E-state index contributed by atoms with van der Waals surface area (Å²) in [5.74, 6) is -1.25. The van der Waals surface area contributed by atoms with Crippen LogP contribution >= 0.6 is 11.6 Å². The van der Waals surface area contributed by atoms with E-state index in [1.807, 2.05) is 38.2 Å². The summed E-state index contributed by atoms with van der Waals surface area (Å²) in [5.41, 5.74) is 2.31. The van der Waals surface area contributed by atoms with E-state index >= 15 is 0 Å². The third kappa shape index (κ3) is 6.06. The molecule has 2 aromatic rings. The van der Waals surface area contributed by atoms with Crippen molar-refractivity contribution in [2.45, 2.75) is 31.2 Å². The predicted molar refractivity (Wildman–Crippen MR) is 119 cm³/mol. The zero-order valence-electron chi connectivity index (χ0n) is 17.5. The first kappa shape index (κ1) is 23.2. The van der Waals surface area contributed by atoms with Gasteiger partial charge >= 0.3 is 0 Å². The van der Waals surface area contributed by atoms with Gasteiger partial charge in [-0.15, -0.1) is 0 Å². The number of nitrogens with zero attached hydrogens (tertiary/aromatic N) is 1. The standard InChI is InChI=1S/C22H26ClN3O4S/c1-15-3-5-16(6-4-15)14-24-21(27)18-7-8-20(19(23)13-18)31(29,30)25-22(28)17-9-11-26(2)12-10-17/h3-8,13,17H,9-12,14H2,1-2H3,(H,24,27)(H,25,28). The average Bonchev–Trinajstić information content (AvgIpc) is 2.73. The van der Waals surface area contributed by atoms with Crippen molar-refractivity contribution in [1.82, 2.24) is 14.9 Å².